The number of fused-ring (bicyclic) bond motifs is 12. The van der Waals surface area contributed by atoms with Gasteiger partial charge in [-0.3, -0.25) is 0 Å². The topological polar surface area (TPSA) is 25.2 Å². The fourth-order valence-electron chi connectivity index (χ4n) is 10.3. The van der Waals surface area contributed by atoms with Crippen LogP contribution in [-0.4, -0.2) is 7.05 Å². The maximum Gasteiger partial charge on any atom is 0.136 e. The van der Waals surface area contributed by atoms with Gasteiger partial charge in [-0.05, 0) is 131 Å². The lowest BCUT2D eigenvalue weighted by Gasteiger charge is -2.24. The molecule has 1 heterocycles. The zero-order valence-corrected chi connectivity index (χ0v) is 35.4. The molecule has 0 spiro atoms. The highest BCUT2D eigenvalue weighted by Gasteiger charge is 2.36. The average molecular weight is 798 g/mol. The molecule has 0 bridgehead atoms. The van der Waals surface area contributed by atoms with Crippen LogP contribution in [-0.2, 0) is 18.4 Å². The lowest BCUT2D eigenvalue weighted by Crippen LogP contribution is -2.17. The molecule has 0 saturated carbocycles. The first kappa shape index (κ1) is 37.7. The molecule has 10 aromatic carbocycles. The Bertz CT molecular complexity index is 3450. The van der Waals surface area contributed by atoms with Crippen LogP contribution in [0.5, 0.6) is 0 Å². The molecule has 1 aromatic heterocycles. The van der Waals surface area contributed by atoms with Gasteiger partial charge in [0.15, 0.2) is 0 Å². The second-order valence-electron chi connectivity index (χ2n) is 17.2. The Morgan fingerprint density at radius 1 is 0.419 bits per heavy atom. The molecular weight excluding hydrogens is 751 g/mol. The minimum absolute atomic E-state index is 0.0366. The van der Waals surface area contributed by atoms with Crippen LogP contribution < -0.4 is 5.32 Å². The van der Waals surface area contributed by atoms with E-state index in [-0.39, 0.29) is 5.41 Å². The fraction of sp³-hybridized carbons (Fsp3) is 0.100. The quantitative estimate of drug-likeness (QED) is 0.170. The molecule has 0 atom stereocenters. The number of benzene rings is 10. The van der Waals surface area contributed by atoms with E-state index >= 15 is 0 Å². The summed E-state index contributed by atoms with van der Waals surface area (Å²) >= 11 is 0. The molecule has 0 aliphatic heterocycles. The Balaban J connectivity index is 0.000000430. The van der Waals surface area contributed by atoms with Crippen molar-refractivity contribution < 1.29 is 4.42 Å². The maximum atomic E-state index is 6.51. The largest absolute Gasteiger partial charge is 0.456 e. The summed E-state index contributed by atoms with van der Waals surface area (Å²) in [7, 11) is 1.95. The molecule has 2 nitrogen and oxygen atoms in total. The van der Waals surface area contributed by atoms with Crippen LogP contribution >= 0.6 is 0 Å². The number of hydrogen-bond acceptors (Lipinski definition) is 2. The van der Waals surface area contributed by atoms with Crippen molar-refractivity contribution >= 4 is 54.3 Å². The van der Waals surface area contributed by atoms with Crippen LogP contribution in [0.15, 0.2) is 205 Å². The highest BCUT2D eigenvalue weighted by Crippen LogP contribution is 2.50. The number of furan rings is 1. The SMILES string of the molecule is CC1(C)c2ccccc2-c2cccc(Cc3cccc(-c4cccc5oc6ccc(-c7ccc8c9ccccc9c9ccccc9c8c7)cc6c45)c3)c21.CNCc1ccccc1. The van der Waals surface area contributed by atoms with E-state index in [9.17, 15) is 0 Å². The van der Waals surface area contributed by atoms with Gasteiger partial charge in [-0.25, -0.2) is 0 Å². The van der Waals surface area contributed by atoms with Crippen LogP contribution in [0, 0.1) is 0 Å². The van der Waals surface area contributed by atoms with E-state index in [2.05, 4.69) is 201 Å². The third-order valence-electron chi connectivity index (χ3n) is 13.1. The van der Waals surface area contributed by atoms with Crippen molar-refractivity contribution in [3.05, 3.63) is 228 Å². The normalized spacial score (nSPS) is 12.8. The van der Waals surface area contributed by atoms with Gasteiger partial charge in [0.2, 0.25) is 0 Å². The summed E-state index contributed by atoms with van der Waals surface area (Å²) in [6.45, 7) is 5.71. The van der Waals surface area contributed by atoms with Crippen LogP contribution in [0.3, 0.4) is 0 Å². The third-order valence-corrected chi connectivity index (χ3v) is 13.1. The molecule has 1 N–H and O–H groups in total. The van der Waals surface area contributed by atoms with E-state index < -0.39 is 0 Å². The predicted octanol–water partition coefficient (Wildman–Crippen LogP) is 15.7. The van der Waals surface area contributed by atoms with Crippen LogP contribution in [0.1, 0.15) is 41.7 Å². The minimum Gasteiger partial charge on any atom is -0.456 e. The average Bonchev–Trinajstić information content (AvgIpc) is 3.81. The number of rotatable bonds is 6. The second-order valence-corrected chi connectivity index (χ2v) is 17.2. The van der Waals surface area contributed by atoms with Gasteiger partial charge in [-0.15, -0.1) is 0 Å². The van der Waals surface area contributed by atoms with Crippen molar-refractivity contribution in [3.63, 3.8) is 0 Å². The van der Waals surface area contributed by atoms with Crippen molar-refractivity contribution in [3.8, 4) is 33.4 Å². The molecule has 0 amide bonds. The summed E-state index contributed by atoms with van der Waals surface area (Å²) in [4.78, 5) is 0. The first-order chi connectivity index (χ1) is 30.5. The molecule has 0 radical (unpaired) electrons. The van der Waals surface area contributed by atoms with Gasteiger partial charge < -0.3 is 9.73 Å². The zero-order chi connectivity index (χ0) is 41.8. The van der Waals surface area contributed by atoms with Gasteiger partial charge >= 0.3 is 0 Å². The molecule has 0 unspecified atom stereocenters. The highest BCUT2D eigenvalue weighted by atomic mass is 16.3. The van der Waals surface area contributed by atoms with E-state index in [0.29, 0.717) is 0 Å². The van der Waals surface area contributed by atoms with Crippen molar-refractivity contribution in [1.29, 1.82) is 0 Å². The Kier molecular flexibility index (Phi) is 9.33. The lowest BCUT2D eigenvalue weighted by molar-refractivity contribution is 0.653. The Hall–Kier alpha value is -7.26. The highest BCUT2D eigenvalue weighted by molar-refractivity contribution is 6.26. The van der Waals surface area contributed by atoms with Crippen molar-refractivity contribution in [2.75, 3.05) is 7.05 Å². The van der Waals surface area contributed by atoms with Crippen LogP contribution in [0.2, 0.25) is 0 Å². The molecule has 11 aromatic rings. The third kappa shape index (κ3) is 6.38. The first-order valence-electron chi connectivity index (χ1n) is 21.8. The monoisotopic (exact) mass is 797 g/mol. The Morgan fingerprint density at radius 3 is 1.76 bits per heavy atom. The van der Waals surface area contributed by atoms with E-state index in [1.54, 1.807) is 0 Å². The smallest absolute Gasteiger partial charge is 0.136 e. The van der Waals surface area contributed by atoms with E-state index in [4.69, 9.17) is 4.42 Å². The molecule has 62 heavy (non-hydrogen) atoms. The molecule has 2 heteroatoms. The van der Waals surface area contributed by atoms with Crippen LogP contribution in [0.25, 0.3) is 87.6 Å². The molecule has 298 valence electrons. The minimum atomic E-state index is -0.0366. The summed E-state index contributed by atoms with van der Waals surface area (Å²) in [5.74, 6) is 0. The summed E-state index contributed by atoms with van der Waals surface area (Å²) in [6.07, 6.45) is 0.882. The maximum absolute atomic E-state index is 6.51. The van der Waals surface area contributed by atoms with Crippen molar-refractivity contribution in [2.45, 2.75) is 32.2 Å². The van der Waals surface area contributed by atoms with Gasteiger partial charge in [-0.2, -0.15) is 0 Å². The Labute approximate surface area is 363 Å². The lowest BCUT2D eigenvalue weighted by atomic mass is 9.79. The summed E-state index contributed by atoms with van der Waals surface area (Å²) in [5.41, 5.74) is 16.2. The summed E-state index contributed by atoms with van der Waals surface area (Å²) < 4.78 is 6.51. The second kappa shape index (κ2) is 15.3. The molecule has 0 fully saturated rings. The van der Waals surface area contributed by atoms with Crippen molar-refractivity contribution in [2.24, 2.45) is 0 Å². The van der Waals surface area contributed by atoms with Crippen molar-refractivity contribution in [1.82, 2.24) is 5.32 Å². The molecule has 12 rings (SSSR count). The zero-order valence-electron chi connectivity index (χ0n) is 35.4. The fourth-order valence-corrected chi connectivity index (χ4v) is 10.3. The summed E-state index contributed by atoms with van der Waals surface area (Å²) in [5, 5.41) is 13.1. The Morgan fingerprint density at radius 2 is 1.00 bits per heavy atom. The molecule has 1 aliphatic carbocycles. The van der Waals surface area contributed by atoms with Gasteiger partial charge in [-0.1, -0.05) is 190 Å². The van der Waals surface area contributed by atoms with Gasteiger partial charge in [0, 0.05) is 22.7 Å². The van der Waals surface area contributed by atoms with Crippen LogP contribution in [0.4, 0.5) is 0 Å². The van der Waals surface area contributed by atoms with Gasteiger partial charge in [0.25, 0.3) is 0 Å². The van der Waals surface area contributed by atoms with E-state index in [1.807, 2.05) is 25.2 Å². The number of hydrogen-bond donors (Lipinski definition) is 1. The molecule has 1 aliphatic rings. The van der Waals surface area contributed by atoms with Gasteiger partial charge in [0.1, 0.15) is 11.2 Å². The van der Waals surface area contributed by atoms with E-state index in [0.717, 1.165) is 34.9 Å². The van der Waals surface area contributed by atoms with Gasteiger partial charge in [0.05, 0.1) is 0 Å². The summed E-state index contributed by atoms with van der Waals surface area (Å²) in [6, 6.07) is 72.8. The van der Waals surface area contributed by atoms with E-state index in [1.165, 1.54) is 93.5 Å². The molecular formula is C60H47NO. The molecule has 0 saturated heterocycles. The number of nitrogens with one attached hydrogen (secondary N) is 1. The predicted molar refractivity (Wildman–Crippen MR) is 263 cm³/mol. The standard InChI is InChI=1S/C52H36O.C8H11N/c1-52(2)47-22-8-7-19-43(47)44-21-10-14-36(51(44)52)29-32-12-9-13-35(28-32)37-20-11-23-49-50(37)46-31-34(25-27-48(46)53-49)33-24-26-42-40-17-4-3-15-38(40)39-16-5-6-18-41(39)45(42)30-33;1-9-7-8-5-3-2-4-6-8/h3-28,30-31H,29H2,1-2H3;2-6,9H,7H2,1H3. The first-order valence-corrected chi connectivity index (χ1v) is 21.8.